The fourth-order valence-corrected chi connectivity index (χ4v) is 4.64. The van der Waals surface area contributed by atoms with Crippen LogP contribution < -0.4 is 9.80 Å². The molecule has 3 nitrogen and oxygen atoms in total. The number of nitrogens with zero attached hydrogens (tertiary/aromatic N) is 2. The summed E-state index contributed by atoms with van der Waals surface area (Å²) in [5, 5.41) is 9.24. The minimum absolute atomic E-state index is 0.426. The molecule has 0 spiro atoms. The van der Waals surface area contributed by atoms with Crippen molar-refractivity contribution >= 4 is 35.9 Å². The number of para-hydroxylation sites is 2. The van der Waals surface area contributed by atoms with Crippen LogP contribution in [0, 0.1) is 5.41 Å². The molecule has 1 N–H and O–H groups in total. The summed E-state index contributed by atoms with van der Waals surface area (Å²) >= 11 is -0.556. The van der Waals surface area contributed by atoms with Crippen molar-refractivity contribution in [1.82, 2.24) is 0 Å². The molecular weight excluding hydrogens is 485 g/mol. The molecule has 2 aromatic carbocycles. The number of rotatable bonds is 6. The van der Waals surface area contributed by atoms with Crippen LogP contribution >= 0.6 is 18.6 Å². The molecule has 2 aromatic rings. The van der Waals surface area contributed by atoms with Gasteiger partial charge in [0.05, 0.1) is 11.4 Å². The van der Waals surface area contributed by atoms with Gasteiger partial charge in [-0.1, -0.05) is 91.8 Å². The normalized spacial score (nSPS) is 13.9. The molecule has 1 aliphatic heterocycles. The molecule has 0 atom stereocenters. The Hall–Kier alpha value is -0.996. The fourth-order valence-electron chi connectivity index (χ4n) is 4.64. The van der Waals surface area contributed by atoms with Gasteiger partial charge >= 0.3 is 35.6 Å². The maximum absolute atomic E-state index is 9.24. The molecular formula is C27H39Cl2N3Ti. The predicted molar refractivity (Wildman–Crippen MR) is 143 cm³/mol. The quantitative estimate of drug-likeness (QED) is 0.383. The molecule has 0 amide bonds. The van der Waals surface area contributed by atoms with Crippen molar-refractivity contribution in [3.8, 4) is 0 Å². The van der Waals surface area contributed by atoms with E-state index in [4.69, 9.17) is 18.6 Å². The predicted octanol–water partition coefficient (Wildman–Crippen LogP) is 8.82. The van der Waals surface area contributed by atoms with Gasteiger partial charge in [-0.05, 0) is 45.9 Å². The second-order valence-corrected chi connectivity index (χ2v) is 12.5. The van der Waals surface area contributed by atoms with Crippen LogP contribution in [0.15, 0.2) is 36.4 Å². The van der Waals surface area contributed by atoms with Crippen molar-refractivity contribution in [2.75, 3.05) is 22.9 Å². The van der Waals surface area contributed by atoms with Crippen molar-refractivity contribution in [2.45, 2.75) is 79.1 Å². The number of guanidine groups is 1. The van der Waals surface area contributed by atoms with E-state index in [-0.39, 0.29) is 0 Å². The van der Waals surface area contributed by atoms with Crippen LogP contribution in [-0.4, -0.2) is 19.0 Å². The summed E-state index contributed by atoms with van der Waals surface area (Å²) in [6, 6.07) is 13.3. The summed E-state index contributed by atoms with van der Waals surface area (Å²) in [4.78, 5) is 4.51. The van der Waals surface area contributed by atoms with Gasteiger partial charge in [-0.15, -0.1) is 0 Å². The van der Waals surface area contributed by atoms with Crippen molar-refractivity contribution in [3.63, 3.8) is 0 Å². The molecule has 33 heavy (non-hydrogen) atoms. The first-order valence-electron chi connectivity index (χ1n) is 11.9. The zero-order valence-electron chi connectivity index (χ0n) is 21.3. The van der Waals surface area contributed by atoms with Crippen LogP contribution in [0.1, 0.15) is 101 Å². The van der Waals surface area contributed by atoms with Gasteiger partial charge in [-0.2, -0.15) is 0 Å². The maximum atomic E-state index is 9.24. The van der Waals surface area contributed by atoms with Gasteiger partial charge in [0.15, 0.2) is 0 Å². The molecule has 0 bridgehead atoms. The summed E-state index contributed by atoms with van der Waals surface area (Å²) in [6.07, 6.45) is 0. The van der Waals surface area contributed by atoms with Crippen molar-refractivity contribution in [1.29, 1.82) is 5.41 Å². The molecule has 3 rings (SSSR count). The van der Waals surface area contributed by atoms with Crippen LogP contribution in [0.5, 0.6) is 0 Å². The van der Waals surface area contributed by atoms with E-state index in [9.17, 15) is 5.41 Å². The van der Waals surface area contributed by atoms with Gasteiger partial charge in [0.1, 0.15) is 0 Å². The molecule has 0 unspecified atom stereocenters. The Bertz CT molecular complexity index is 815. The van der Waals surface area contributed by atoms with Gasteiger partial charge in [0.25, 0.3) is 0 Å². The second kappa shape index (κ2) is 12.6. The topological polar surface area (TPSA) is 30.3 Å². The Morgan fingerprint density at radius 1 is 0.636 bits per heavy atom. The number of benzene rings is 2. The van der Waals surface area contributed by atoms with Crippen molar-refractivity contribution in [3.05, 3.63) is 58.7 Å². The number of anilines is 2. The number of hydrogen-bond acceptors (Lipinski definition) is 1. The van der Waals surface area contributed by atoms with E-state index in [0.717, 1.165) is 13.1 Å². The second-order valence-electron chi connectivity index (χ2n) is 9.89. The number of hydrogen-bond donors (Lipinski definition) is 1. The Morgan fingerprint density at radius 3 is 1.09 bits per heavy atom. The standard InChI is InChI=1S/C27H39N3.2ClH.Ti/c1-17(2)21-11-9-12-22(18(3)4)25(21)29-15-16-30(27(29)28)26-23(19(5)6)13-10-14-24(26)20(7)8;;;/h9-14,17-20,28H,15-16H2,1-8H3;2*1H;/q;;;+2/p-2. The van der Waals surface area contributed by atoms with Gasteiger partial charge in [0, 0.05) is 13.1 Å². The van der Waals surface area contributed by atoms with Gasteiger partial charge in [-0.3, -0.25) is 5.41 Å². The van der Waals surface area contributed by atoms with Crippen LogP contribution in [0.2, 0.25) is 0 Å². The van der Waals surface area contributed by atoms with Crippen LogP contribution in [0.3, 0.4) is 0 Å². The monoisotopic (exact) mass is 523 g/mol. The van der Waals surface area contributed by atoms with E-state index in [1.807, 2.05) is 0 Å². The molecule has 0 aliphatic carbocycles. The van der Waals surface area contributed by atoms with Crippen LogP contribution in [0.4, 0.5) is 11.4 Å². The zero-order chi connectivity index (χ0) is 24.9. The summed E-state index contributed by atoms with van der Waals surface area (Å²) in [7, 11) is 9.78. The molecule has 1 heterocycles. The molecule has 0 saturated carbocycles. The van der Waals surface area contributed by atoms with E-state index in [0.29, 0.717) is 29.6 Å². The average Bonchev–Trinajstić information content (AvgIpc) is 3.13. The Morgan fingerprint density at radius 2 is 0.879 bits per heavy atom. The molecule has 1 fully saturated rings. The third-order valence-electron chi connectivity index (χ3n) is 6.28. The first-order chi connectivity index (χ1) is 15.6. The molecule has 1 aliphatic rings. The van der Waals surface area contributed by atoms with E-state index in [2.05, 4.69) is 102 Å². The molecule has 0 radical (unpaired) electrons. The van der Waals surface area contributed by atoms with E-state index >= 15 is 0 Å². The van der Waals surface area contributed by atoms with Gasteiger partial charge in [-0.25, -0.2) is 0 Å². The molecule has 1 saturated heterocycles. The first-order valence-corrected chi connectivity index (χ1v) is 16.2. The van der Waals surface area contributed by atoms with Crippen LogP contribution in [0.25, 0.3) is 0 Å². The average molecular weight is 524 g/mol. The van der Waals surface area contributed by atoms with Gasteiger partial charge in [0.2, 0.25) is 5.96 Å². The Kier molecular flexibility index (Phi) is 10.8. The number of nitrogens with one attached hydrogen (secondary N) is 1. The SMILES string of the molecule is CC(C)c1cccc(C(C)C)c1N1CCN(c2c(C(C)C)cccc2C(C)C)C1=N.[Cl][Ti][Cl]. The fraction of sp³-hybridized carbons (Fsp3) is 0.519. The Labute approximate surface area is 218 Å². The molecule has 0 aromatic heterocycles. The van der Waals surface area contributed by atoms with Crippen molar-refractivity contribution in [2.24, 2.45) is 0 Å². The summed E-state index contributed by atoms with van der Waals surface area (Å²) in [6.45, 7) is 19.7. The van der Waals surface area contributed by atoms with Gasteiger partial charge < -0.3 is 9.80 Å². The van der Waals surface area contributed by atoms with Crippen LogP contribution in [-0.2, 0) is 17.0 Å². The summed E-state index contributed by atoms with van der Waals surface area (Å²) in [5.74, 6) is 2.31. The molecule has 180 valence electrons. The van der Waals surface area contributed by atoms with E-state index in [1.165, 1.54) is 33.6 Å². The van der Waals surface area contributed by atoms with Crippen molar-refractivity contribution < 1.29 is 17.0 Å². The summed E-state index contributed by atoms with van der Waals surface area (Å²) in [5.41, 5.74) is 7.87. The third kappa shape index (κ3) is 6.37. The van der Waals surface area contributed by atoms with E-state index in [1.54, 1.807) is 0 Å². The zero-order valence-corrected chi connectivity index (χ0v) is 24.4. The minimum atomic E-state index is -0.556. The Balaban J connectivity index is 0.00000122. The first kappa shape index (κ1) is 28.2. The molecule has 6 heteroatoms. The van der Waals surface area contributed by atoms with E-state index < -0.39 is 17.0 Å². The number of halogens is 2. The summed E-state index contributed by atoms with van der Waals surface area (Å²) < 4.78 is 0. The third-order valence-corrected chi connectivity index (χ3v) is 6.28.